The zero-order chi connectivity index (χ0) is 18.4. The fourth-order valence-corrected chi connectivity index (χ4v) is 3.70. The first-order chi connectivity index (χ1) is 12.7. The first-order valence-corrected chi connectivity index (χ1v) is 9.57. The molecule has 0 aliphatic carbocycles. The van der Waals surface area contributed by atoms with Gasteiger partial charge in [0.25, 0.3) is 5.91 Å². The van der Waals surface area contributed by atoms with Crippen molar-refractivity contribution in [1.29, 1.82) is 0 Å². The highest BCUT2D eigenvalue weighted by Crippen LogP contribution is 2.20. The highest BCUT2D eigenvalue weighted by Gasteiger charge is 2.33. The molecular weight excluding hydrogens is 334 g/mol. The number of likely N-dealkylation sites (tertiary alicyclic amines) is 2. The average molecular weight is 361 g/mol. The highest BCUT2D eigenvalue weighted by atomic mass is 16.3. The summed E-state index contributed by atoms with van der Waals surface area (Å²) in [5.74, 6) is 0.0494. The summed E-state index contributed by atoms with van der Waals surface area (Å²) in [6.07, 6.45) is 7.58. The number of carbonyl (C=O) groups is 3. The maximum absolute atomic E-state index is 12.6. The van der Waals surface area contributed by atoms with Gasteiger partial charge in [0.1, 0.15) is 6.04 Å². The zero-order valence-corrected chi connectivity index (χ0v) is 15.1. The molecule has 7 heteroatoms. The summed E-state index contributed by atoms with van der Waals surface area (Å²) in [6.45, 7) is 2.27. The second kappa shape index (κ2) is 8.87. The van der Waals surface area contributed by atoms with Gasteiger partial charge in [-0.15, -0.1) is 0 Å². The predicted molar refractivity (Wildman–Crippen MR) is 95.4 cm³/mol. The van der Waals surface area contributed by atoms with Crippen molar-refractivity contribution in [2.45, 2.75) is 51.0 Å². The van der Waals surface area contributed by atoms with Crippen LogP contribution in [0.4, 0.5) is 0 Å². The molecular formula is C19H27N3O4. The number of carbonyl (C=O) groups excluding carboxylic acids is 3. The van der Waals surface area contributed by atoms with E-state index in [9.17, 15) is 14.4 Å². The van der Waals surface area contributed by atoms with Gasteiger partial charge >= 0.3 is 0 Å². The van der Waals surface area contributed by atoms with E-state index < -0.39 is 6.04 Å². The first kappa shape index (κ1) is 18.5. The quantitative estimate of drug-likeness (QED) is 0.867. The van der Waals surface area contributed by atoms with Gasteiger partial charge in [0.05, 0.1) is 6.26 Å². The summed E-state index contributed by atoms with van der Waals surface area (Å²) in [4.78, 5) is 40.7. The standard InChI is InChI=1S/C19H27N3O4/c23-17-9-2-1-4-11-21(17)13-10-20-18(24)15-7-3-5-12-22(15)19(25)16-8-6-14-26-16/h6,8,14-15H,1-5,7,9-13H2,(H,20,24). The van der Waals surface area contributed by atoms with Crippen LogP contribution >= 0.6 is 0 Å². The van der Waals surface area contributed by atoms with Crippen molar-refractivity contribution in [1.82, 2.24) is 15.1 Å². The fourth-order valence-electron chi connectivity index (χ4n) is 3.70. The van der Waals surface area contributed by atoms with E-state index in [1.54, 1.807) is 17.0 Å². The molecule has 1 aromatic heterocycles. The third kappa shape index (κ3) is 4.45. The van der Waals surface area contributed by atoms with E-state index in [2.05, 4.69) is 5.32 Å². The molecule has 3 amide bonds. The van der Waals surface area contributed by atoms with Gasteiger partial charge in [0.2, 0.25) is 11.8 Å². The second-order valence-corrected chi connectivity index (χ2v) is 6.97. The molecule has 0 bridgehead atoms. The Balaban J connectivity index is 1.53. The molecule has 26 heavy (non-hydrogen) atoms. The van der Waals surface area contributed by atoms with Crippen molar-refractivity contribution in [2.24, 2.45) is 0 Å². The van der Waals surface area contributed by atoms with Crippen LogP contribution in [0.5, 0.6) is 0 Å². The Kier molecular flexibility index (Phi) is 6.30. The lowest BCUT2D eigenvalue weighted by Crippen LogP contribution is -2.52. The van der Waals surface area contributed by atoms with Gasteiger partial charge in [-0.3, -0.25) is 14.4 Å². The number of hydrogen-bond acceptors (Lipinski definition) is 4. The maximum Gasteiger partial charge on any atom is 0.290 e. The molecule has 0 saturated carbocycles. The van der Waals surface area contributed by atoms with E-state index in [0.29, 0.717) is 32.5 Å². The van der Waals surface area contributed by atoms with Crippen molar-refractivity contribution in [3.05, 3.63) is 24.2 Å². The number of furan rings is 1. The van der Waals surface area contributed by atoms with Gasteiger partial charge < -0.3 is 19.5 Å². The molecule has 0 radical (unpaired) electrons. The van der Waals surface area contributed by atoms with Crippen molar-refractivity contribution >= 4 is 17.7 Å². The highest BCUT2D eigenvalue weighted by molar-refractivity contribution is 5.95. The molecule has 0 aromatic carbocycles. The minimum Gasteiger partial charge on any atom is -0.459 e. The van der Waals surface area contributed by atoms with E-state index in [1.165, 1.54) is 6.26 Å². The maximum atomic E-state index is 12.6. The lowest BCUT2D eigenvalue weighted by atomic mass is 10.0. The van der Waals surface area contributed by atoms with Gasteiger partial charge in [0.15, 0.2) is 5.76 Å². The number of piperidine rings is 1. The fraction of sp³-hybridized carbons (Fsp3) is 0.632. The minimum atomic E-state index is -0.471. The summed E-state index contributed by atoms with van der Waals surface area (Å²) >= 11 is 0. The SMILES string of the molecule is O=C(NCCN1CCCCCC1=O)C1CCCCN1C(=O)c1ccco1. The van der Waals surface area contributed by atoms with E-state index >= 15 is 0 Å². The molecule has 7 nitrogen and oxygen atoms in total. The van der Waals surface area contributed by atoms with Crippen molar-refractivity contribution in [2.75, 3.05) is 26.2 Å². The van der Waals surface area contributed by atoms with E-state index in [4.69, 9.17) is 4.42 Å². The Morgan fingerprint density at radius 3 is 2.81 bits per heavy atom. The van der Waals surface area contributed by atoms with Gasteiger partial charge in [-0.05, 0) is 44.2 Å². The number of nitrogens with zero attached hydrogens (tertiary/aromatic N) is 2. The predicted octanol–water partition coefficient (Wildman–Crippen LogP) is 1.79. The Morgan fingerprint density at radius 1 is 1.15 bits per heavy atom. The van der Waals surface area contributed by atoms with Crippen LogP contribution in [-0.4, -0.2) is 59.7 Å². The number of rotatable bonds is 5. The Labute approximate surface area is 153 Å². The molecule has 1 aromatic rings. The Bertz CT molecular complexity index is 629. The normalized spacial score (nSPS) is 21.4. The van der Waals surface area contributed by atoms with Crippen LogP contribution in [0, 0.1) is 0 Å². The second-order valence-electron chi connectivity index (χ2n) is 6.97. The van der Waals surface area contributed by atoms with Crippen LogP contribution in [0.2, 0.25) is 0 Å². The lowest BCUT2D eigenvalue weighted by Gasteiger charge is -2.34. The topological polar surface area (TPSA) is 82.9 Å². The van der Waals surface area contributed by atoms with Crippen molar-refractivity contribution in [3.8, 4) is 0 Å². The van der Waals surface area contributed by atoms with E-state index in [1.807, 2.05) is 4.90 Å². The molecule has 2 aliphatic rings. The van der Waals surface area contributed by atoms with E-state index in [-0.39, 0.29) is 23.5 Å². The third-order valence-corrected chi connectivity index (χ3v) is 5.15. The first-order valence-electron chi connectivity index (χ1n) is 9.57. The molecule has 3 heterocycles. The van der Waals surface area contributed by atoms with Crippen LogP contribution in [0.3, 0.4) is 0 Å². The van der Waals surface area contributed by atoms with Crippen LogP contribution in [0.15, 0.2) is 22.8 Å². The van der Waals surface area contributed by atoms with Crippen LogP contribution in [0.25, 0.3) is 0 Å². The molecule has 2 aliphatic heterocycles. The summed E-state index contributed by atoms with van der Waals surface area (Å²) in [5.41, 5.74) is 0. The smallest absolute Gasteiger partial charge is 0.290 e. The molecule has 142 valence electrons. The van der Waals surface area contributed by atoms with Crippen LogP contribution < -0.4 is 5.32 Å². The average Bonchev–Trinajstić information content (AvgIpc) is 3.12. The number of hydrogen-bond donors (Lipinski definition) is 1. The number of amides is 3. The molecule has 1 N–H and O–H groups in total. The molecule has 1 atom stereocenters. The third-order valence-electron chi connectivity index (χ3n) is 5.15. The molecule has 0 spiro atoms. The van der Waals surface area contributed by atoms with Crippen LogP contribution in [0.1, 0.15) is 55.5 Å². The minimum absolute atomic E-state index is 0.146. The van der Waals surface area contributed by atoms with Crippen molar-refractivity contribution < 1.29 is 18.8 Å². The molecule has 2 fully saturated rings. The summed E-state index contributed by atoms with van der Waals surface area (Å²) in [5, 5.41) is 2.91. The Hall–Kier alpha value is -2.31. The van der Waals surface area contributed by atoms with Gasteiger partial charge in [-0.1, -0.05) is 6.42 Å². The molecule has 1 unspecified atom stereocenters. The lowest BCUT2D eigenvalue weighted by molar-refractivity contribution is -0.131. The van der Waals surface area contributed by atoms with Gasteiger partial charge in [-0.2, -0.15) is 0 Å². The largest absolute Gasteiger partial charge is 0.459 e. The summed E-state index contributed by atoms with van der Waals surface area (Å²) in [7, 11) is 0. The zero-order valence-electron chi connectivity index (χ0n) is 15.1. The Morgan fingerprint density at radius 2 is 2.00 bits per heavy atom. The number of nitrogens with one attached hydrogen (secondary N) is 1. The van der Waals surface area contributed by atoms with Crippen LogP contribution in [-0.2, 0) is 9.59 Å². The molecule has 2 saturated heterocycles. The summed E-state index contributed by atoms with van der Waals surface area (Å²) < 4.78 is 5.19. The summed E-state index contributed by atoms with van der Waals surface area (Å²) in [6, 6.07) is 2.82. The molecule has 3 rings (SSSR count). The van der Waals surface area contributed by atoms with Gasteiger partial charge in [-0.25, -0.2) is 0 Å². The van der Waals surface area contributed by atoms with E-state index in [0.717, 1.165) is 38.6 Å². The van der Waals surface area contributed by atoms with Crippen molar-refractivity contribution in [3.63, 3.8) is 0 Å². The van der Waals surface area contributed by atoms with Gasteiger partial charge in [0, 0.05) is 32.6 Å². The monoisotopic (exact) mass is 361 g/mol.